The molecule has 0 aromatic heterocycles. The quantitative estimate of drug-likeness (QED) is 0.769. The number of carbonyl (C=O) groups is 1. The van der Waals surface area contributed by atoms with E-state index in [1.807, 2.05) is 4.90 Å². The molecule has 1 N–H and O–H groups in total. The maximum Gasteiger partial charge on any atom is 0.248 e. The van der Waals surface area contributed by atoms with Crippen molar-refractivity contribution in [2.75, 3.05) is 32.7 Å². The first-order valence-corrected chi connectivity index (χ1v) is 9.10. The molecule has 1 aliphatic carbocycles. The molecule has 24 heavy (non-hydrogen) atoms. The SMILES string of the molecule is CC(=O)N1CC2CC(O)CN2C2(C1)CN(C1CCC(F)(F)CC1)C2. The average Bonchev–Trinajstić information content (AvgIpc) is 2.84. The van der Waals surface area contributed by atoms with Crippen LogP contribution >= 0.6 is 0 Å². The van der Waals surface area contributed by atoms with Gasteiger partial charge in [0.15, 0.2) is 0 Å². The number of aliphatic hydroxyl groups is 1. The topological polar surface area (TPSA) is 47.0 Å². The Morgan fingerprint density at radius 3 is 2.38 bits per heavy atom. The second kappa shape index (κ2) is 5.61. The molecule has 3 saturated heterocycles. The molecule has 1 spiro atoms. The van der Waals surface area contributed by atoms with Crippen LogP contribution in [0.15, 0.2) is 0 Å². The summed E-state index contributed by atoms with van der Waals surface area (Å²) in [6.45, 7) is 5.34. The molecule has 0 radical (unpaired) electrons. The molecule has 0 aromatic carbocycles. The normalized spacial score (nSPS) is 36.6. The zero-order valence-electron chi connectivity index (χ0n) is 14.3. The molecular weight excluding hydrogens is 316 g/mol. The molecule has 0 bridgehead atoms. The average molecular weight is 343 g/mol. The second-order valence-corrected chi connectivity index (χ2v) is 8.31. The molecule has 2 unspecified atom stereocenters. The zero-order valence-corrected chi connectivity index (χ0v) is 14.3. The number of alkyl halides is 2. The van der Waals surface area contributed by atoms with E-state index in [2.05, 4.69) is 9.80 Å². The lowest BCUT2D eigenvalue weighted by molar-refractivity contribution is -0.157. The van der Waals surface area contributed by atoms with Crippen LogP contribution in [0.4, 0.5) is 8.78 Å². The van der Waals surface area contributed by atoms with E-state index in [9.17, 15) is 18.7 Å². The van der Waals surface area contributed by atoms with Crippen molar-refractivity contribution in [1.82, 2.24) is 14.7 Å². The summed E-state index contributed by atoms with van der Waals surface area (Å²) in [5.74, 6) is -2.40. The highest BCUT2D eigenvalue weighted by atomic mass is 19.3. The highest BCUT2D eigenvalue weighted by Crippen LogP contribution is 2.43. The third kappa shape index (κ3) is 2.74. The van der Waals surface area contributed by atoms with Crippen molar-refractivity contribution in [2.24, 2.45) is 0 Å². The summed E-state index contributed by atoms with van der Waals surface area (Å²) < 4.78 is 26.7. The van der Waals surface area contributed by atoms with Gasteiger partial charge in [0.25, 0.3) is 0 Å². The van der Waals surface area contributed by atoms with Crippen LogP contribution in [0.3, 0.4) is 0 Å². The van der Waals surface area contributed by atoms with E-state index in [1.54, 1.807) is 6.92 Å². The molecule has 4 aliphatic rings. The van der Waals surface area contributed by atoms with E-state index in [0.29, 0.717) is 32.5 Å². The minimum absolute atomic E-state index is 0.00814. The predicted molar refractivity (Wildman–Crippen MR) is 84.9 cm³/mol. The van der Waals surface area contributed by atoms with Crippen molar-refractivity contribution in [3.8, 4) is 0 Å². The first-order chi connectivity index (χ1) is 11.3. The molecule has 3 heterocycles. The molecule has 3 aliphatic heterocycles. The van der Waals surface area contributed by atoms with Crippen LogP contribution in [0.2, 0.25) is 0 Å². The van der Waals surface area contributed by atoms with Gasteiger partial charge >= 0.3 is 0 Å². The van der Waals surface area contributed by atoms with Crippen LogP contribution < -0.4 is 0 Å². The predicted octanol–water partition coefficient (Wildman–Crippen LogP) is 0.916. The summed E-state index contributed by atoms with van der Waals surface area (Å²) in [5.41, 5.74) is -0.0912. The Hall–Kier alpha value is -0.790. The molecule has 7 heteroatoms. The molecule has 5 nitrogen and oxygen atoms in total. The third-order valence-corrected chi connectivity index (χ3v) is 6.56. The van der Waals surface area contributed by atoms with Crippen molar-refractivity contribution in [3.63, 3.8) is 0 Å². The van der Waals surface area contributed by atoms with Gasteiger partial charge in [-0.3, -0.25) is 14.6 Å². The highest BCUT2D eigenvalue weighted by Gasteiger charge is 2.57. The number of rotatable bonds is 1. The number of carbonyl (C=O) groups excluding carboxylic acids is 1. The second-order valence-electron chi connectivity index (χ2n) is 8.31. The Morgan fingerprint density at radius 1 is 1.08 bits per heavy atom. The molecule has 1 saturated carbocycles. The number of fused-ring (bicyclic) bond motifs is 2. The number of piperazine rings is 1. The summed E-state index contributed by atoms with van der Waals surface area (Å²) in [6.07, 6.45) is 1.51. The lowest BCUT2D eigenvalue weighted by atomic mass is 9.80. The van der Waals surface area contributed by atoms with E-state index in [0.717, 1.165) is 19.5 Å². The van der Waals surface area contributed by atoms with Crippen LogP contribution in [-0.4, -0.2) is 88.1 Å². The Morgan fingerprint density at radius 2 is 1.75 bits per heavy atom. The summed E-state index contributed by atoms with van der Waals surface area (Å²) in [5, 5.41) is 10.1. The van der Waals surface area contributed by atoms with Gasteiger partial charge in [0.2, 0.25) is 11.8 Å². The van der Waals surface area contributed by atoms with Crippen LogP contribution in [0.25, 0.3) is 0 Å². The number of β-amino-alcohol motifs (C(OH)–C–C–N with tert-alkyl or cyclic N) is 1. The van der Waals surface area contributed by atoms with Crippen molar-refractivity contribution in [1.29, 1.82) is 0 Å². The lowest BCUT2D eigenvalue weighted by Gasteiger charge is -2.63. The first kappa shape index (κ1) is 16.7. The lowest BCUT2D eigenvalue weighted by Crippen LogP contribution is -2.79. The molecule has 0 aromatic rings. The van der Waals surface area contributed by atoms with E-state index in [-0.39, 0.29) is 42.5 Å². The fraction of sp³-hybridized carbons (Fsp3) is 0.941. The van der Waals surface area contributed by atoms with Crippen molar-refractivity contribution in [3.05, 3.63) is 0 Å². The number of amides is 1. The Balaban J connectivity index is 1.44. The van der Waals surface area contributed by atoms with Gasteiger partial charge in [0.1, 0.15) is 0 Å². The van der Waals surface area contributed by atoms with Crippen molar-refractivity contribution in [2.45, 2.75) is 68.7 Å². The van der Waals surface area contributed by atoms with Gasteiger partial charge in [0.05, 0.1) is 11.6 Å². The number of aliphatic hydroxyl groups excluding tert-OH is 1. The molecule has 4 fully saturated rings. The van der Waals surface area contributed by atoms with Gasteiger partial charge in [-0.15, -0.1) is 0 Å². The summed E-state index contributed by atoms with van der Waals surface area (Å²) >= 11 is 0. The maximum absolute atomic E-state index is 13.4. The largest absolute Gasteiger partial charge is 0.392 e. The molecule has 2 atom stereocenters. The van der Waals surface area contributed by atoms with Crippen LogP contribution in [-0.2, 0) is 4.79 Å². The van der Waals surface area contributed by atoms with Gasteiger partial charge in [-0.25, -0.2) is 8.78 Å². The van der Waals surface area contributed by atoms with Crippen molar-refractivity contribution >= 4 is 5.91 Å². The number of likely N-dealkylation sites (tertiary alicyclic amines) is 1. The number of hydrogen-bond donors (Lipinski definition) is 1. The Bertz CT molecular complexity index is 514. The summed E-state index contributed by atoms with van der Waals surface area (Å²) in [7, 11) is 0. The van der Waals surface area contributed by atoms with E-state index in [1.165, 1.54) is 0 Å². The van der Waals surface area contributed by atoms with Crippen LogP contribution in [0, 0.1) is 0 Å². The summed E-state index contributed by atoms with van der Waals surface area (Å²) in [6, 6.07) is 0.476. The van der Waals surface area contributed by atoms with Crippen LogP contribution in [0.5, 0.6) is 0 Å². The van der Waals surface area contributed by atoms with E-state index in [4.69, 9.17) is 0 Å². The molecular formula is C17H27F2N3O2. The molecule has 4 rings (SSSR count). The minimum atomic E-state index is -2.49. The van der Waals surface area contributed by atoms with E-state index >= 15 is 0 Å². The minimum Gasteiger partial charge on any atom is -0.392 e. The monoisotopic (exact) mass is 343 g/mol. The Kier molecular flexibility index (Phi) is 3.89. The summed E-state index contributed by atoms with van der Waals surface area (Å²) in [4.78, 5) is 18.5. The van der Waals surface area contributed by atoms with Gasteiger partial charge in [0, 0.05) is 64.6 Å². The molecule has 1 amide bonds. The van der Waals surface area contributed by atoms with Gasteiger partial charge in [-0.1, -0.05) is 0 Å². The Labute approximate surface area is 141 Å². The van der Waals surface area contributed by atoms with Gasteiger partial charge < -0.3 is 10.0 Å². The van der Waals surface area contributed by atoms with Gasteiger partial charge in [-0.05, 0) is 19.3 Å². The fourth-order valence-corrected chi connectivity index (χ4v) is 5.29. The first-order valence-electron chi connectivity index (χ1n) is 9.10. The van der Waals surface area contributed by atoms with Crippen molar-refractivity contribution < 1.29 is 18.7 Å². The smallest absolute Gasteiger partial charge is 0.248 e. The van der Waals surface area contributed by atoms with E-state index < -0.39 is 5.92 Å². The number of hydrogen-bond acceptors (Lipinski definition) is 4. The number of nitrogens with zero attached hydrogens (tertiary/aromatic N) is 3. The molecule has 136 valence electrons. The van der Waals surface area contributed by atoms with Crippen LogP contribution in [0.1, 0.15) is 39.0 Å². The highest BCUT2D eigenvalue weighted by molar-refractivity contribution is 5.73. The maximum atomic E-state index is 13.4. The standard InChI is InChI=1S/C17H27F2N3O2/c1-12(23)20-7-14-6-15(24)8-22(14)16(9-20)10-21(11-16)13-2-4-17(18,19)5-3-13/h13-15,24H,2-11H2,1H3. The number of halogens is 2. The zero-order chi connectivity index (χ0) is 17.1. The van der Waals surface area contributed by atoms with Gasteiger partial charge in [-0.2, -0.15) is 0 Å². The fourth-order valence-electron chi connectivity index (χ4n) is 5.29. The third-order valence-electron chi connectivity index (χ3n) is 6.56.